The average molecular weight is 335 g/mol. The molecule has 23 heavy (non-hydrogen) atoms. The molecule has 0 aliphatic carbocycles. The van der Waals surface area contributed by atoms with Gasteiger partial charge in [-0.25, -0.2) is 0 Å². The van der Waals surface area contributed by atoms with Gasteiger partial charge >= 0.3 is 0 Å². The number of anilines is 1. The van der Waals surface area contributed by atoms with Crippen molar-refractivity contribution >= 4 is 24.0 Å². The highest BCUT2D eigenvalue weighted by Crippen LogP contribution is 2.17. The highest BCUT2D eigenvalue weighted by Gasteiger charge is 2.09. The Morgan fingerprint density at radius 1 is 1.17 bits per heavy atom. The molecule has 0 radical (unpaired) electrons. The third kappa shape index (κ3) is 6.20. The molecular formula is C18H23ClN2O2. The fourth-order valence-electron chi connectivity index (χ4n) is 2.09. The van der Waals surface area contributed by atoms with Crippen LogP contribution in [0.5, 0.6) is 5.75 Å². The van der Waals surface area contributed by atoms with Crippen LogP contribution in [0.3, 0.4) is 0 Å². The van der Waals surface area contributed by atoms with E-state index in [4.69, 9.17) is 10.5 Å². The summed E-state index contributed by atoms with van der Waals surface area (Å²) in [5.74, 6) is 0.827. The Kier molecular flexibility index (Phi) is 7.42. The standard InChI is InChI=1S/C18H22N2O2.ClH/c1-13-5-3-4-6-17(13)22-14(2)12-20-18(21)11-15-7-9-16(19)10-8-15;/h3-10,14H,11-12,19H2,1-2H3,(H,20,21);1H. The molecule has 0 aliphatic rings. The van der Waals surface area contributed by atoms with Crippen molar-refractivity contribution in [3.63, 3.8) is 0 Å². The first-order valence-electron chi connectivity index (χ1n) is 7.38. The number of rotatable bonds is 6. The molecule has 2 aromatic rings. The summed E-state index contributed by atoms with van der Waals surface area (Å²) in [4.78, 5) is 11.9. The summed E-state index contributed by atoms with van der Waals surface area (Å²) in [6.45, 7) is 4.42. The SMILES string of the molecule is Cc1ccccc1OC(C)CNC(=O)Cc1ccc(N)cc1.Cl. The third-order valence-electron chi connectivity index (χ3n) is 3.35. The predicted octanol–water partition coefficient (Wildman–Crippen LogP) is 3.13. The summed E-state index contributed by atoms with van der Waals surface area (Å²) < 4.78 is 5.83. The maximum absolute atomic E-state index is 11.9. The maximum Gasteiger partial charge on any atom is 0.224 e. The van der Waals surface area contributed by atoms with E-state index >= 15 is 0 Å². The van der Waals surface area contributed by atoms with Gasteiger partial charge in [0, 0.05) is 5.69 Å². The molecule has 0 heterocycles. The molecule has 5 heteroatoms. The molecule has 0 saturated carbocycles. The molecule has 1 unspecified atom stereocenters. The number of para-hydroxylation sites is 1. The Morgan fingerprint density at radius 2 is 1.83 bits per heavy atom. The van der Waals surface area contributed by atoms with Crippen LogP contribution in [0.15, 0.2) is 48.5 Å². The number of aryl methyl sites for hydroxylation is 1. The van der Waals surface area contributed by atoms with E-state index in [0.717, 1.165) is 16.9 Å². The number of amides is 1. The van der Waals surface area contributed by atoms with Crippen LogP contribution >= 0.6 is 12.4 Å². The molecule has 2 rings (SSSR count). The summed E-state index contributed by atoms with van der Waals surface area (Å²) in [7, 11) is 0. The molecule has 0 bridgehead atoms. The Hall–Kier alpha value is -2.20. The number of halogens is 1. The van der Waals surface area contributed by atoms with Crippen molar-refractivity contribution in [3.05, 3.63) is 59.7 Å². The van der Waals surface area contributed by atoms with E-state index in [0.29, 0.717) is 18.7 Å². The number of hydrogen-bond acceptors (Lipinski definition) is 3. The molecule has 124 valence electrons. The predicted molar refractivity (Wildman–Crippen MR) is 96.1 cm³/mol. The molecule has 0 fully saturated rings. The second kappa shape index (κ2) is 9.06. The second-order valence-electron chi connectivity index (χ2n) is 5.42. The van der Waals surface area contributed by atoms with Crippen molar-refractivity contribution in [1.29, 1.82) is 0 Å². The first-order valence-corrected chi connectivity index (χ1v) is 7.38. The van der Waals surface area contributed by atoms with Crippen molar-refractivity contribution in [2.24, 2.45) is 0 Å². The summed E-state index contributed by atoms with van der Waals surface area (Å²) in [6.07, 6.45) is 0.258. The van der Waals surface area contributed by atoms with Crippen LogP contribution in [0.1, 0.15) is 18.1 Å². The minimum atomic E-state index is -0.0866. The van der Waals surface area contributed by atoms with Crippen LogP contribution in [-0.4, -0.2) is 18.6 Å². The summed E-state index contributed by atoms with van der Waals surface area (Å²) in [6, 6.07) is 15.2. The van der Waals surface area contributed by atoms with Gasteiger partial charge in [-0.1, -0.05) is 30.3 Å². The van der Waals surface area contributed by atoms with Crippen LogP contribution in [0.25, 0.3) is 0 Å². The van der Waals surface area contributed by atoms with Gasteiger partial charge < -0.3 is 15.8 Å². The van der Waals surface area contributed by atoms with Crippen LogP contribution in [-0.2, 0) is 11.2 Å². The normalized spacial score (nSPS) is 11.2. The Labute approximate surface area is 143 Å². The molecule has 3 N–H and O–H groups in total. The molecular weight excluding hydrogens is 312 g/mol. The number of carbonyl (C=O) groups is 1. The van der Waals surface area contributed by atoms with Crippen molar-refractivity contribution in [2.45, 2.75) is 26.4 Å². The molecule has 0 aliphatic heterocycles. The highest BCUT2D eigenvalue weighted by atomic mass is 35.5. The lowest BCUT2D eigenvalue weighted by molar-refractivity contribution is -0.120. The fraction of sp³-hybridized carbons (Fsp3) is 0.278. The smallest absolute Gasteiger partial charge is 0.224 e. The van der Waals surface area contributed by atoms with E-state index in [2.05, 4.69) is 5.32 Å². The van der Waals surface area contributed by atoms with Gasteiger partial charge in [-0.15, -0.1) is 12.4 Å². The van der Waals surface area contributed by atoms with Crippen LogP contribution in [0.2, 0.25) is 0 Å². The van der Waals surface area contributed by atoms with Crippen molar-refractivity contribution in [2.75, 3.05) is 12.3 Å². The molecule has 1 amide bonds. The molecule has 4 nitrogen and oxygen atoms in total. The lowest BCUT2D eigenvalue weighted by Crippen LogP contribution is -2.34. The van der Waals surface area contributed by atoms with Crippen molar-refractivity contribution < 1.29 is 9.53 Å². The van der Waals surface area contributed by atoms with Gasteiger partial charge in [-0.2, -0.15) is 0 Å². The number of carbonyl (C=O) groups excluding carboxylic acids is 1. The molecule has 2 aromatic carbocycles. The van der Waals surface area contributed by atoms with E-state index in [-0.39, 0.29) is 24.4 Å². The van der Waals surface area contributed by atoms with Crippen molar-refractivity contribution in [3.8, 4) is 5.75 Å². The van der Waals surface area contributed by atoms with E-state index in [1.54, 1.807) is 12.1 Å². The van der Waals surface area contributed by atoms with Gasteiger partial charge in [-0.05, 0) is 43.2 Å². The zero-order valence-electron chi connectivity index (χ0n) is 13.4. The van der Waals surface area contributed by atoms with Crippen LogP contribution in [0.4, 0.5) is 5.69 Å². The zero-order chi connectivity index (χ0) is 15.9. The number of ether oxygens (including phenoxy) is 1. The maximum atomic E-state index is 11.9. The van der Waals surface area contributed by atoms with E-state index in [1.807, 2.05) is 50.2 Å². The summed E-state index contributed by atoms with van der Waals surface area (Å²) in [5.41, 5.74) is 8.35. The van der Waals surface area contributed by atoms with Crippen LogP contribution in [0, 0.1) is 6.92 Å². The molecule has 0 aromatic heterocycles. The number of nitrogens with one attached hydrogen (secondary N) is 1. The van der Waals surface area contributed by atoms with Crippen LogP contribution < -0.4 is 15.8 Å². The lowest BCUT2D eigenvalue weighted by Gasteiger charge is -2.17. The monoisotopic (exact) mass is 334 g/mol. The van der Waals surface area contributed by atoms with E-state index in [1.165, 1.54) is 0 Å². The second-order valence-corrected chi connectivity index (χ2v) is 5.42. The van der Waals surface area contributed by atoms with Gasteiger partial charge in [0.1, 0.15) is 11.9 Å². The Bertz CT molecular complexity index is 629. The van der Waals surface area contributed by atoms with Gasteiger partial charge in [0.05, 0.1) is 13.0 Å². The summed E-state index contributed by atoms with van der Waals surface area (Å²) in [5, 5.41) is 2.89. The first kappa shape index (κ1) is 18.8. The summed E-state index contributed by atoms with van der Waals surface area (Å²) >= 11 is 0. The molecule has 0 saturated heterocycles. The lowest BCUT2D eigenvalue weighted by atomic mass is 10.1. The average Bonchev–Trinajstić information content (AvgIpc) is 2.50. The Balaban J connectivity index is 0.00000264. The molecule has 1 atom stereocenters. The Morgan fingerprint density at radius 3 is 2.48 bits per heavy atom. The first-order chi connectivity index (χ1) is 10.5. The third-order valence-corrected chi connectivity index (χ3v) is 3.35. The van der Waals surface area contributed by atoms with Crippen molar-refractivity contribution in [1.82, 2.24) is 5.32 Å². The number of nitrogens with two attached hydrogens (primary N) is 1. The number of benzene rings is 2. The zero-order valence-corrected chi connectivity index (χ0v) is 14.2. The largest absolute Gasteiger partial charge is 0.489 e. The van der Waals surface area contributed by atoms with E-state index < -0.39 is 0 Å². The quantitative estimate of drug-likeness (QED) is 0.798. The number of hydrogen-bond donors (Lipinski definition) is 2. The minimum Gasteiger partial charge on any atom is -0.489 e. The van der Waals surface area contributed by atoms with E-state index in [9.17, 15) is 4.79 Å². The highest BCUT2D eigenvalue weighted by molar-refractivity contribution is 5.85. The number of nitrogen functional groups attached to an aromatic ring is 1. The van der Waals surface area contributed by atoms with Gasteiger partial charge in [0.25, 0.3) is 0 Å². The van der Waals surface area contributed by atoms with Gasteiger partial charge in [0.2, 0.25) is 5.91 Å². The topological polar surface area (TPSA) is 64.3 Å². The fourth-order valence-corrected chi connectivity index (χ4v) is 2.09. The minimum absolute atomic E-state index is 0. The van der Waals surface area contributed by atoms with Gasteiger partial charge in [0.15, 0.2) is 0 Å². The molecule has 0 spiro atoms. The van der Waals surface area contributed by atoms with Gasteiger partial charge in [-0.3, -0.25) is 4.79 Å².